The van der Waals surface area contributed by atoms with Crippen molar-refractivity contribution in [1.82, 2.24) is 10.2 Å². The van der Waals surface area contributed by atoms with Gasteiger partial charge in [0.1, 0.15) is 5.69 Å². The Hall–Kier alpha value is -2.36. The number of benzene rings is 1. The highest BCUT2D eigenvalue weighted by molar-refractivity contribution is 5.79. The minimum atomic E-state index is -4.64. The van der Waals surface area contributed by atoms with E-state index in [1.165, 1.54) is 0 Å². The maximum absolute atomic E-state index is 12.9. The van der Waals surface area contributed by atoms with Crippen LogP contribution in [0.25, 0.3) is 0 Å². The number of anilines is 1. The molecular weight excluding hydrogens is 401 g/mol. The van der Waals surface area contributed by atoms with Crippen molar-refractivity contribution in [1.29, 1.82) is 0 Å². The van der Waals surface area contributed by atoms with Gasteiger partial charge in [0.2, 0.25) is 5.91 Å². The second-order valence-electron chi connectivity index (χ2n) is 7.39. The van der Waals surface area contributed by atoms with Crippen LogP contribution in [0.4, 0.5) is 24.5 Å². The van der Waals surface area contributed by atoms with Crippen LogP contribution in [0, 0.1) is 16.0 Å². The van der Waals surface area contributed by atoms with Crippen molar-refractivity contribution >= 4 is 17.3 Å². The van der Waals surface area contributed by atoms with E-state index in [1.807, 2.05) is 0 Å². The number of halogens is 3. The molecule has 1 heterocycles. The van der Waals surface area contributed by atoms with Gasteiger partial charge in [-0.3, -0.25) is 14.9 Å². The number of alkyl halides is 3. The van der Waals surface area contributed by atoms with Crippen LogP contribution in [0.1, 0.15) is 38.7 Å². The van der Waals surface area contributed by atoms with Crippen LogP contribution in [-0.2, 0) is 11.0 Å². The lowest BCUT2D eigenvalue weighted by molar-refractivity contribution is -0.384. The lowest BCUT2D eigenvalue weighted by Gasteiger charge is -2.32. The highest BCUT2D eigenvalue weighted by Crippen LogP contribution is 2.37. The van der Waals surface area contributed by atoms with Gasteiger partial charge in [0.05, 0.1) is 10.5 Å². The summed E-state index contributed by atoms with van der Waals surface area (Å²) in [6, 6.07) is 2.58. The molecule has 2 rings (SSSR count). The fourth-order valence-electron chi connectivity index (χ4n) is 3.69. The maximum atomic E-state index is 12.9. The molecule has 0 aliphatic carbocycles. The third-order valence-corrected chi connectivity index (χ3v) is 5.55. The minimum absolute atomic E-state index is 0.0314. The quantitative estimate of drug-likeness (QED) is 0.367. The van der Waals surface area contributed by atoms with Crippen LogP contribution in [0.5, 0.6) is 0 Å². The first-order chi connectivity index (χ1) is 14.2. The van der Waals surface area contributed by atoms with Crippen LogP contribution in [0.3, 0.4) is 0 Å². The zero-order chi connectivity index (χ0) is 22.3. The first-order valence-electron chi connectivity index (χ1n) is 10.3. The Morgan fingerprint density at radius 3 is 2.43 bits per heavy atom. The molecule has 1 saturated heterocycles. The Kier molecular flexibility index (Phi) is 8.45. The standard InChI is InChI=1S/C20H29F3N4O3/c1-3-25(4-2)11-5-10-24-19(28)15-8-12-26(13-9-15)17-7-6-16(20(21,22)23)14-18(17)27(29)30/h6-7,14-15H,3-5,8-13H2,1-2H3,(H,24,28). The Balaban J connectivity index is 1.91. The highest BCUT2D eigenvalue weighted by atomic mass is 19.4. The monoisotopic (exact) mass is 430 g/mol. The average Bonchev–Trinajstić information content (AvgIpc) is 2.72. The van der Waals surface area contributed by atoms with Crippen molar-refractivity contribution in [3.8, 4) is 0 Å². The lowest BCUT2D eigenvalue weighted by Crippen LogP contribution is -2.41. The van der Waals surface area contributed by atoms with E-state index in [0.29, 0.717) is 38.5 Å². The molecule has 0 aromatic heterocycles. The fraction of sp³-hybridized carbons (Fsp3) is 0.650. The minimum Gasteiger partial charge on any atom is -0.366 e. The van der Waals surface area contributed by atoms with Gasteiger partial charge in [-0.05, 0) is 51.0 Å². The second kappa shape index (κ2) is 10.6. The molecule has 1 aliphatic rings. The van der Waals surface area contributed by atoms with E-state index in [4.69, 9.17) is 0 Å². The smallest absolute Gasteiger partial charge is 0.366 e. The number of nitrogens with zero attached hydrogens (tertiary/aromatic N) is 3. The molecule has 30 heavy (non-hydrogen) atoms. The number of nitro benzene ring substituents is 1. The fourth-order valence-corrected chi connectivity index (χ4v) is 3.69. The molecule has 0 unspecified atom stereocenters. The van der Waals surface area contributed by atoms with Crippen molar-refractivity contribution in [2.24, 2.45) is 5.92 Å². The Labute approximate surface area is 174 Å². The van der Waals surface area contributed by atoms with Gasteiger partial charge in [0.25, 0.3) is 5.69 Å². The topological polar surface area (TPSA) is 78.7 Å². The third kappa shape index (κ3) is 6.32. The summed E-state index contributed by atoms with van der Waals surface area (Å²) in [7, 11) is 0. The average molecular weight is 430 g/mol. The highest BCUT2D eigenvalue weighted by Gasteiger charge is 2.34. The molecule has 0 atom stereocenters. The predicted octanol–water partition coefficient (Wildman–Crippen LogP) is 3.68. The van der Waals surface area contributed by atoms with Crippen LogP contribution < -0.4 is 10.2 Å². The normalized spacial score (nSPS) is 15.5. The van der Waals surface area contributed by atoms with Crippen LogP contribution in [0.15, 0.2) is 18.2 Å². The summed E-state index contributed by atoms with van der Waals surface area (Å²) in [4.78, 5) is 26.8. The zero-order valence-corrected chi connectivity index (χ0v) is 17.4. The van der Waals surface area contributed by atoms with Crippen molar-refractivity contribution in [2.75, 3.05) is 44.2 Å². The zero-order valence-electron chi connectivity index (χ0n) is 17.4. The summed E-state index contributed by atoms with van der Waals surface area (Å²) < 4.78 is 38.6. The van der Waals surface area contributed by atoms with Crippen molar-refractivity contribution in [3.05, 3.63) is 33.9 Å². The number of nitro groups is 1. The maximum Gasteiger partial charge on any atom is 0.416 e. The molecule has 1 amide bonds. The first kappa shape index (κ1) is 23.9. The molecule has 1 aliphatic heterocycles. The molecule has 0 bridgehead atoms. The van der Waals surface area contributed by atoms with E-state index in [9.17, 15) is 28.1 Å². The van der Waals surface area contributed by atoms with Gasteiger partial charge in [-0.25, -0.2) is 0 Å². The van der Waals surface area contributed by atoms with E-state index >= 15 is 0 Å². The van der Waals surface area contributed by atoms with Gasteiger partial charge in [0, 0.05) is 31.6 Å². The lowest BCUT2D eigenvalue weighted by atomic mass is 9.95. The Morgan fingerprint density at radius 2 is 1.90 bits per heavy atom. The summed E-state index contributed by atoms with van der Waals surface area (Å²) in [5.74, 6) is -0.223. The van der Waals surface area contributed by atoms with Gasteiger partial charge in [-0.1, -0.05) is 13.8 Å². The summed E-state index contributed by atoms with van der Waals surface area (Å²) >= 11 is 0. The summed E-state index contributed by atoms with van der Waals surface area (Å²) in [5.41, 5.74) is -1.45. The number of amides is 1. The van der Waals surface area contributed by atoms with Gasteiger partial charge in [-0.15, -0.1) is 0 Å². The molecule has 1 fully saturated rings. The SMILES string of the molecule is CCN(CC)CCCNC(=O)C1CCN(c2ccc(C(F)(F)F)cc2[N+](=O)[O-])CC1. The van der Waals surface area contributed by atoms with Crippen molar-refractivity contribution < 1.29 is 22.9 Å². The van der Waals surface area contributed by atoms with E-state index in [0.717, 1.165) is 38.2 Å². The number of hydrogen-bond donors (Lipinski definition) is 1. The number of rotatable bonds is 9. The number of carbonyl (C=O) groups is 1. The molecule has 10 heteroatoms. The molecule has 168 valence electrons. The summed E-state index contributed by atoms with van der Waals surface area (Å²) in [6.07, 6.45) is -2.77. The number of carbonyl (C=O) groups excluding carboxylic acids is 1. The van der Waals surface area contributed by atoms with E-state index in [2.05, 4.69) is 24.1 Å². The second-order valence-corrected chi connectivity index (χ2v) is 7.39. The van der Waals surface area contributed by atoms with Gasteiger partial charge >= 0.3 is 6.18 Å². The molecule has 0 radical (unpaired) electrons. The summed E-state index contributed by atoms with van der Waals surface area (Å²) in [6.45, 7) is 8.41. The van der Waals surface area contributed by atoms with E-state index < -0.39 is 22.4 Å². The van der Waals surface area contributed by atoms with E-state index in [1.54, 1.807) is 4.90 Å². The molecule has 7 nitrogen and oxygen atoms in total. The van der Waals surface area contributed by atoms with Crippen molar-refractivity contribution in [3.63, 3.8) is 0 Å². The molecule has 1 N–H and O–H groups in total. The van der Waals surface area contributed by atoms with Gasteiger partial charge in [0.15, 0.2) is 0 Å². The molecule has 0 saturated carbocycles. The largest absolute Gasteiger partial charge is 0.416 e. The molecule has 1 aromatic carbocycles. The van der Waals surface area contributed by atoms with Crippen LogP contribution in [0.2, 0.25) is 0 Å². The van der Waals surface area contributed by atoms with Gasteiger partial charge in [-0.2, -0.15) is 13.2 Å². The molecular formula is C20H29F3N4O3. The Morgan fingerprint density at radius 1 is 1.27 bits per heavy atom. The molecule has 1 aromatic rings. The predicted molar refractivity (Wildman–Crippen MR) is 108 cm³/mol. The van der Waals surface area contributed by atoms with Crippen LogP contribution >= 0.6 is 0 Å². The Bertz CT molecular complexity index is 730. The van der Waals surface area contributed by atoms with E-state index in [-0.39, 0.29) is 17.5 Å². The summed E-state index contributed by atoms with van der Waals surface area (Å²) in [5, 5.41) is 14.2. The number of piperidine rings is 1. The van der Waals surface area contributed by atoms with Gasteiger partial charge < -0.3 is 15.1 Å². The first-order valence-corrected chi connectivity index (χ1v) is 10.3. The number of nitrogens with one attached hydrogen (secondary N) is 1. The molecule has 0 spiro atoms. The number of hydrogen-bond acceptors (Lipinski definition) is 5. The van der Waals surface area contributed by atoms with Crippen molar-refractivity contribution in [2.45, 2.75) is 39.3 Å². The third-order valence-electron chi connectivity index (χ3n) is 5.55. The van der Waals surface area contributed by atoms with Crippen LogP contribution in [-0.4, -0.2) is 55.0 Å².